The number of allylic oxidation sites excluding steroid dienone is 2. The summed E-state index contributed by atoms with van der Waals surface area (Å²) in [5.74, 6) is 1.05. The SMILES string of the molecule is CC(C)(C)C1CC=C([O-])CC1.[Li+]. The zero-order chi connectivity index (χ0) is 8.48. The van der Waals surface area contributed by atoms with E-state index < -0.39 is 0 Å². The van der Waals surface area contributed by atoms with E-state index in [1.807, 2.05) is 6.08 Å². The summed E-state index contributed by atoms with van der Waals surface area (Å²) < 4.78 is 0. The molecule has 1 rings (SSSR count). The van der Waals surface area contributed by atoms with Crippen LogP contribution in [0, 0.1) is 11.3 Å². The summed E-state index contributed by atoms with van der Waals surface area (Å²) >= 11 is 0. The summed E-state index contributed by atoms with van der Waals surface area (Å²) in [5.41, 5.74) is 0.372. The van der Waals surface area contributed by atoms with Crippen LogP contribution >= 0.6 is 0 Å². The molecule has 0 aromatic rings. The smallest absolute Gasteiger partial charge is 0.876 e. The fraction of sp³-hybridized carbons (Fsp3) is 0.800. The molecule has 0 aliphatic heterocycles. The van der Waals surface area contributed by atoms with Gasteiger partial charge in [0.1, 0.15) is 0 Å². The Bertz CT molecular complexity index is 167. The quantitative estimate of drug-likeness (QED) is 0.420. The molecule has 0 heterocycles. The van der Waals surface area contributed by atoms with Crippen molar-refractivity contribution in [2.45, 2.75) is 40.0 Å². The fourth-order valence-corrected chi connectivity index (χ4v) is 1.60. The Balaban J connectivity index is 0.00000121. The molecule has 12 heavy (non-hydrogen) atoms. The van der Waals surface area contributed by atoms with Gasteiger partial charge in [-0.3, -0.25) is 0 Å². The standard InChI is InChI=1S/C10H18O.Li/c1-10(2,3)8-4-6-9(11)7-5-8;/h6,8,11H,4-5,7H2,1-3H3;/q;+1/p-1. The van der Waals surface area contributed by atoms with E-state index in [-0.39, 0.29) is 18.9 Å². The molecule has 0 N–H and O–H groups in total. The Morgan fingerprint density at radius 3 is 2.33 bits per heavy atom. The van der Waals surface area contributed by atoms with Gasteiger partial charge in [-0.05, 0) is 30.6 Å². The molecule has 1 unspecified atom stereocenters. The van der Waals surface area contributed by atoms with E-state index in [1.165, 1.54) is 0 Å². The first-order chi connectivity index (χ1) is 5.00. The zero-order valence-corrected chi connectivity index (χ0v) is 8.68. The molecule has 1 atom stereocenters. The van der Waals surface area contributed by atoms with Crippen LogP contribution < -0.4 is 24.0 Å². The molecule has 0 aromatic carbocycles. The average Bonchev–Trinajstić information content (AvgIpc) is 1.86. The van der Waals surface area contributed by atoms with Gasteiger partial charge in [0.15, 0.2) is 0 Å². The van der Waals surface area contributed by atoms with Crippen molar-refractivity contribution >= 4 is 0 Å². The first kappa shape index (κ1) is 12.1. The monoisotopic (exact) mass is 160 g/mol. The van der Waals surface area contributed by atoms with E-state index in [1.54, 1.807) is 0 Å². The topological polar surface area (TPSA) is 23.1 Å². The molecule has 1 aliphatic rings. The van der Waals surface area contributed by atoms with Gasteiger partial charge >= 0.3 is 18.9 Å². The van der Waals surface area contributed by atoms with Crippen LogP contribution in [-0.4, -0.2) is 0 Å². The molecule has 2 heteroatoms. The Morgan fingerprint density at radius 2 is 2.00 bits per heavy atom. The van der Waals surface area contributed by atoms with Crippen molar-refractivity contribution < 1.29 is 24.0 Å². The molecule has 0 radical (unpaired) electrons. The molecule has 0 bridgehead atoms. The summed E-state index contributed by atoms with van der Waals surface area (Å²) in [5, 5.41) is 10.9. The predicted octanol–water partition coefficient (Wildman–Crippen LogP) is -0.919. The average molecular weight is 160 g/mol. The molecule has 0 spiro atoms. The van der Waals surface area contributed by atoms with Gasteiger partial charge in [-0.15, -0.1) is 5.76 Å². The molecule has 0 aromatic heterocycles. The molecular formula is C10H17LiO. The van der Waals surface area contributed by atoms with E-state index in [0.717, 1.165) is 19.3 Å². The third kappa shape index (κ3) is 3.25. The van der Waals surface area contributed by atoms with Gasteiger partial charge in [0.25, 0.3) is 0 Å². The first-order valence-corrected chi connectivity index (χ1v) is 4.36. The summed E-state index contributed by atoms with van der Waals surface area (Å²) in [6.45, 7) is 6.75. The first-order valence-electron chi connectivity index (χ1n) is 4.36. The van der Waals surface area contributed by atoms with Gasteiger partial charge in [0.2, 0.25) is 0 Å². The minimum Gasteiger partial charge on any atom is -0.876 e. The van der Waals surface area contributed by atoms with Crippen molar-refractivity contribution in [3.05, 3.63) is 11.8 Å². The molecule has 1 aliphatic carbocycles. The maximum absolute atomic E-state index is 10.9. The van der Waals surface area contributed by atoms with E-state index in [0.29, 0.717) is 17.1 Å². The van der Waals surface area contributed by atoms with Gasteiger partial charge in [-0.2, -0.15) is 0 Å². The van der Waals surface area contributed by atoms with Gasteiger partial charge < -0.3 is 5.11 Å². The van der Waals surface area contributed by atoms with Crippen LogP contribution in [0.4, 0.5) is 0 Å². The van der Waals surface area contributed by atoms with Crippen molar-refractivity contribution in [2.24, 2.45) is 11.3 Å². The van der Waals surface area contributed by atoms with E-state index >= 15 is 0 Å². The Hall–Kier alpha value is 0.137. The van der Waals surface area contributed by atoms with Crippen LogP contribution in [0.3, 0.4) is 0 Å². The van der Waals surface area contributed by atoms with Gasteiger partial charge in [-0.1, -0.05) is 26.8 Å². The van der Waals surface area contributed by atoms with Crippen molar-refractivity contribution in [3.8, 4) is 0 Å². The third-order valence-electron chi connectivity index (χ3n) is 2.59. The second-order valence-corrected chi connectivity index (χ2v) is 4.51. The number of hydrogen-bond acceptors (Lipinski definition) is 1. The molecule has 64 valence electrons. The van der Waals surface area contributed by atoms with E-state index in [4.69, 9.17) is 0 Å². The second-order valence-electron chi connectivity index (χ2n) is 4.51. The molecule has 1 nitrogen and oxygen atoms in total. The number of hydrogen-bond donors (Lipinski definition) is 0. The van der Waals surface area contributed by atoms with Crippen molar-refractivity contribution in [2.75, 3.05) is 0 Å². The maximum atomic E-state index is 10.9. The maximum Gasteiger partial charge on any atom is 1.00 e. The van der Waals surface area contributed by atoms with Gasteiger partial charge in [-0.25, -0.2) is 0 Å². The Morgan fingerprint density at radius 1 is 1.42 bits per heavy atom. The predicted molar refractivity (Wildman–Crippen MR) is 44.9 cm³/mol. The van der Waals surface area contributed by atoms with Gasteiger partial charge in [0, 0.05) is 0 Å². The molecule has 0 amide bonds. The fourth-order valence-electron chi connectivity index (χ4n) is 1.60. The van der Waals surface area contributed by atoms with Crippen LogP contribution in [0.25, 0.3) is 0 Å². The molecule has 0 saturated heterocycles. The second kappa shape index (κ2) is 4.40. The summed E-state index contributed by atoms with van der Waals surface area (Å²) in [7, 11) is 0. The van der Waals surface area contributed by atoms with Crippen molar-refractivity contribution in [1.82, 2.24) is 0 Å². The molecule has 0 saturated carbocycles. The van der Waals surface area contributed by atoms with Gasteiger partial charge in [0.05, 0.1) is 0 Å². The number of rotatable bonds is 0. The zero-order valence-electron chi connectivity index (χ0n) is 8.68. The minimum absolute atomic E-state index is 0. The summed E-state index contributed by atoms with van der Waals surface area (Å²) in [6, 6.07) is 0. The normalized spacial score (nSPS) is 24.2. The Labute approximate surface area is 87.4 Å². The van der Waals surface area contributed by atoms with E-state index in [2.05, 4.69) is 20.8 Å². The van der Waals surface area contributed by atoms with E-state index in [9.17, 15) is 5.11 Å². The minimum atomic E-state index is 0. The Kier molecular flexibility index (Phi) is 4.45. The van der Waals surface area contributed by atoms with Crippen molar-refractivity contribution in [1.29, 1.82) is 0 Å². The summed E-state index contributed by atoms with van der Waals surface area (Å²) in [6.07, 6.45) is 4.70. The third-order valence-corrected chi connectivity index (χ3v) is 2.59. The van der Waals surface area contributed by atoms with Crippen LogP contribution in [0.5, 0.6) is 0 Å². The molecule has 0 fully saturated rings. The largest absolute Gasteiger partial charge is 1.00 e. The summed E-state index contributed by atoms with van der Waals surface area (Å²) in [4.78, 5) is 0. The van der Waals surface area contributed by atoms with Crippen molar-refractivity contribution in [3.63, 3.8) is 0 Å². The van der Waals surface area contributed by atoms with Crippen LogP contribution in [-0.2, 0) is 0 Å². The van der Waals surface area contributed by atoms with Crippen LogP contribution in [0.1, 0.15) is 40.0 Å². The molecular weight excluding hydrogens is 143 g/mol. The van der Waals surface area contributed by atoms with Crippen LogP contribution in [0.15, 0.2) is 11.8 Å². The van der Waals surface area contributed by atoms with Crippen LogP contribution in [0.2, 0.25) is 0 Å².